The van der Waals surface area contributed by atoms with Gasteiger partial charge in [0.25, 0.3) is 0 Å². The molecular formula is C14H22N2O4S2. The molecule has 22 heavy (non-hydrogen) atoms. The van der Waals surface area contributed by atoms with Crippen molar-refractivity contribution < 1.29 is 16.8 Å². The minimum absolute atomic E-state index is 0.0289. The molecule has 0 aromatic heterocycles. The molecule has 1 aliphatic rings. The molecule has 6 nitrogen and oxygen atoms in total. The lowest BCUT2D eigenvalue weighted by atomic mass is 10.2. The standard InChI is InChI=1S/C14H22N2O4S2/c1-11-3-4-14(12(2)9-11)22(19,20)16(7-6-15)13-5-8-21(17,18)10-13/h3-4,9,13H,5-8,10,15H2,1-2H3/t13-/m1/s1. The van der Waals surface area contributed by atoms with Gasteiger partial charge in [-0.2, -0.15) is 4.31 Å². The van der Waals surface area contributed by atoms with Gasteiger partial charge in [-0.1, -0.05) is 17.7 Å². The Morgan fingerprint density at radius 1 is 1.32 bits per heavy atom. The summed E-state index contributed by atoms with van der Waals surface area (Å²) in [5.41, 5.74) is 7.18. The molecule has 0 unspecified atom stereocenters. The molecule has 0 amide bonds. The average molecular weight is 346 g/mol. The summed E-state index contributed by atoms with van der Waals surface area (Å²) in [5, 5.41) is 0. The number of sulfonamides is 1. The van der Waals surface area contributed by atoms with Crippen molar-refractivity contribution in [3.05, 3.63) is 29.3 Å². The molecule has 1 aromatic rings. The van der Waals surface area contributed by atoms with Crippen LogP contribution in [0, 0.1) is 13.8 Å². The molecule has 0 radical (unpaired) electrons. The third-order valence-corrected chi connectivity index (χ3v) is 7.74. The van der Waals surface area contributed by atoms with Gasteiger partial charge in [0, 0.05) is 19.1 Å². The number of aryl methyl sites for hydroxylation is 2. The van der Waals surface area contributed by atoms with Crippen LogP contribution in [0.3, 0.4) is 0 Å². The number of hydrogen-bond donors (Lipinski definition) is 1. The van der Waals surface area contributed by atoms with Crippen LogP contribution in [-0.2, 0) is 19.9 Å². The molecule has 1 aromatic carbocycles. The Kier molecular flexibility index (Phi) is 4.96. The molecular weight excluding hydrogens is 324 g/mol. The number of sulfone groups is 1. The molecule has 0 saturated carbocycles. The van der Waals surface area contributed by atoms with E-state index in [2.05, 4.69) is 0 Å². The molecule has 0 spiro atoms. The van der Waals surface area contributed by atoms with Gasteiger partial charge in [-0.05, 0) is 31.9 Å². The van der Waals surface area contributed by atoms with Gasteiger partial charge in [-0.3, -0.25) is 0 Å². The smallest absolute Gasteiger partial charge is 0.243 e. The zero-order valence-electron chi connectivity index (χ0n) is 12.8. The fraction of sp³-hybridized carbons (Fsp3) is 0.571. The van der Waals surface area contributed by atoms with Crippen molar-refractivity contribution in [2.75, 3.05) is 24.6 Å². The van der Waals surface area contributed by atoms with E-state index in [0.717, 1.165) is 5.56 Å². The van der Waals surface area contributed by atoms with Gasteiger partial charge in [-0.15, -0.1) is 0 Å². The lowest BCUT2D eigenvalue weighted by Gasteiger charge is -2.27. The Morgan fingerprint density at radius 3 is 2.50 bits per heavy atom. The Morgan fingerprint density at radius 2 is 2.00 bits per heavy atom. The molecule has 8 heteroatoms. The summed E-state index contributed by atoms with van der Waals surface area (Å²) in [7, 11) is -6.92. The first-order valence-corrected chi connectivity index (χ1v) is 10.4. The van der Waals surface area contributed by atoms with Crippen molar-refractivity contribution >= 4 is 19.9 Å². The van der Waals surface area contributed by atoms with Gasteiger partial charge in [0.1, 0.15) is 0 Å². The summed E-state index contributed by atoms with van der Waals surface area (Å²) in [6.07, 6.45) is 0.326. The summed E-state index contributed by atoms with van der Waals surface area (Å²) in [5.74, 6) is -0.0989. The Balaban J connectivity index is 2.42. The third-order valence-electron chi connectivity index (χ3n) is 3.88. The third kappa shape index (κ3) is 3.51. The first kappa shape index (κ1) is 17.4. The highest BCUT2D eigenvalue weighted by atomic mass is 32.2. The Labute approximate surface area is 132 Å². The molecule has 0 aliphatic carbocycles. The van der Waals surface area contributed by atoms with E-state index in [1.54, 1.807) is 25.1 Å². The largest absolute Gasteiger partial charge is 0.329 e. The van der Waals surface area contributed by atoms with Crippen molar-refractivity contribution in [3.63, 3.8) is 0 Å². The van der Waals surface area contributed by atoms with E-state index in [-0.39, 0.29) is 29.5 Å². The first-order valence-electron chi connectivity index (χ1n) is 7.17. The first-order chi connectivity index (χ1) is 10.2. The van der Waals surface area contributed by atoms with Crippen LogP contribution < -0.4 is 5.73 Å². The monoisotopic (exact) mass is 346 g/mol. The fourth-order valence-corrected chi connectivity index (χ4v) is 6.55. The van der Waals surface area contributed by atoms with Crippen molar-refractivity contribution in [1.29, 1.82) is 0 Å². The zero-order chi connectivity index (χ0) is 16.5. The van der Waals surface area contributed by atoms with E-state index in [0.29, 0.717) is 12.0 Å². The fourth-order valence-electron chi connectivity index (χ4n) is 2.84. The molecule has 1 aliphatic heterocycles. The van der Waals surface area contributed by atoms with Gasteiger partial charge < -0.3 is 5.73 Å². The minimum atomic E-state index is -3.76. The highest BCUT2D eigenvalue weighted by Crippen LogP contribution is 2.26. The average Bonchev–Trinajstić information content (AvgIpc) is 2.75. The van der Waals surface area contributed by atoms with Crippen LogP contribution in [0.5, 0.6) is 0 Å². The van der Waals surface area contributed by atoms with Crippen molar-refractivity contribution in [3.8, 4) is 0 Å². The predicted octanol–water partition coefficient (Wildman–Crippen LogP) is 0.440. The molecule has 124 valence electrons. The van der Waals surface area contributed by atoms with Gasteiger partial charge in [0.05, 0.1) is 16.4 Å². The van der Waals surface area contributed by atoms with E-state index in [1.165, 1.54) is 4.31 Å². The summed E-state index contributed by atoms with van der Waals surface area (Å²) >= 11 is 0. The maximum atomic E-state index is 12.9. The highest BCUT2D eigenvalue weighted by molar-refractivity contribution is 7.92. The second-order valence-corrected chi connectivity index (χ2v) is 9.82. The van der Waals surface area contributed by atoms with Crippen molar-refractivity contribution in [2.24, 2.45) is 5.73 Å². The van der Waals surface area contributed by atoms with Gasteiger partial charge in [0.2, 0.25) is 10.0 Å². The normalized spacial score (nSPS) is 21.4. The van der Waals surface area contributed by atoms with Crippen LogP contribution in [0.25, 0.3) is 0 Å². The van der Waals surface area contributed by atoms with Crippen molar-refractivity contribution in [1.82, 2.24) is 4.31 Å². The quantitative estimate of drug-likeness (QED) is 0.834. The molecule has 2 rings (SSSR count). The highest BCUT2D eigenvalue weighted by Gasteiger charge is 2.38. The molecule has 2 N–H and O–H groups in total. The predicted molar refractivity (Wildman–Crippen MR) is 85.9 cm³/mol. The minimum Gasteiger partial charge on any atom is -0.329 e. The lowest BCUT2D eigenvalue weighted by Crippen LogP contribution is -2.44. The zero-order valence-corrected chi connectivity index (χ0v) is 14.5. The van der Waals surface area contributed by atoms with E-state index >= 15 is 0 Å². The number of hydrogen-bond acceptors (Lipinski definition) is 5. The van der Waals surface area contributed by atoms with Crippen LogP contribution >= 0.6 is 0 Å². The molecule has 1 atom stereocenters. The van der Waals surface area contributed by atoms with Gasteiger partial charge >= 0.3 is 0 Å². The lowest BCUT2D eigenvalue weighted by molar-refractivity contribution is 0.347. The summed E-state index contributed by atoms with van der Waals surface area (Å²) in [4.78, 5) is 0.218. The number of nitrogens with two attached hydrogens (primary N) is 1. The number of nitrogens with zero attached hydrogens (tertiary/aromatic N) is 1. The van der Waals surface area contributed by atoms with Crippen LogP contribution in [0.1, 0.15) is 17.5 Å². The Bertz CT molecular complexity index is 757. The topological polar surface area (TPSA) is 97.5 Å². The summed E-state index contributed by atoms with van der Waals surface area (Å²) in [6, 6.07) is 4.59. The van der Waals surface area contributed by atoms with Crippen LogP contribution in [0.4, 0.5) is 0 Å². The Hall–Kier alpha value is -0.960. The van der Waals surface area contributed by atoms with Crippen LogP contribution in [-0.4, -0.2) is 51.8 Å². The number of rotatable bonds is 5. The number of benzene rings is 1. The van der Waals surface area contributed by atoms with E-state index in [1.807, 2.05) is 6.92 Å². The maximum absolute atomic E-state index is 12.9. The van der Waals surface area contributed by atoms with Gasteiger partial charge in [-0.25, -0.2) is 16.8 Å². The van der Waals surface area contributed by atoms with Crippen LogP contribution in [0.15, 0.2) is 23.1 Å². The second kappa shape index (κ2) is 6.27. The van der Waals surface area contributed by atoms with E-state index in [9.17, 15) is 16.8 Å². The van der Waals surface area contributed by atoms with E-state index < -0.39 is 25.9 Å². The molecule has 1 heterocycles. The second-order valence-electron chi connectivity index (χ2n) is 5.73. The SMILES string of the molecule is Cc1ccc(S(=O)(=O)N(CCN)[C@@H]2CCS(=O)(=O)C2)c(C)c1. The van der Waals surface area contributed by atoms with E-state index in [4.69, 9.17) is 5.73 Å². The molecule has 1 saturated heterocycles. The molecule has 0 bridgehead atoms. The summed E-state index contributed by atoms with van der Waals surface area (Å²) in [6.45, 7) is 3.91. The van der Waals surface area contributed by atoms with Crippen molar-refractivity contribution in [2.45, 2.75) is 31.2 Å². The maximum Gasteiger partial charge on any atom is 0.243 e. The summed E-state index contributed by atoms with van der Waals surface area (Å²) < 4.78 is 50.5. The molecule has 1 fully saturated rings. The van der Waals surface area contributed by atoms with Gasteiger partial charge in [0.15, 0.2) is 9.84 Å². The van der Waals surface area contributed by atoms with Crippen LogP contribution in [0.2, 0.25) is 0 Å².